The van der Waals surface area contributed by atoms with Crippen molar-refractivity contribution in [3.63, 3.8) is 0 Å². The highest BCUT2D eigenvalue weighted by Crippen LogP contribution is 2.27. The summed E-state index contributed by atoms with van der Waals surface area (Å²) < 4.78 is 26.7. The Morgan fingerprint density at radius 1 is 1.20 bits per heavy atom. The van der Waals surface area contributed by atoms with E-state index in [4.69, 9.17) is 16.3 Å². The van der Waals surface area contributed by atoms with Crippen molar-refractivity contribution in [3.05, 3.63) is 40.8 Å². The third kappa shape index (κ3) is 2.57. The lowest BCUT2D eigenvalue weighted by Crippen LogP contribution is -2.14. The second-order valence-electron chi connectivity index (χ2n) is 3.75. The molecule has 0 aliphatic carbocycles. The lowest BCUT2D eigenvalue weighted by atomic mass is 10.2. The number of sulfonamides is 1. The molecule has 0 saturated carbocycles. The summed E-state index contributed by atoms with van der Waals surface area (Å²) >= 11 is 1.10. The number of hydrogen-bond acceptors (Lipinski definition) is 6. The molecule has 1 heterocycles. The van der Waals surface area contributed by atoms with Crippen LogP contribution in [0.15, 0.2) is 34.5 Å². The van der Waals surface area contributed by atoms with Gasteiger partial charge in [-0.3, -0.25) is 4.72 Å². The van der Waals surface area contributed by atoms with Gasteiger partial charge in [0.15, 0.2) is 0 Å². The van der Waals surface area contributed by atoms with Crippen molar-refractivity contribution < 1.29 is 8.42 Å². The highest BCUT2D eigenvalue weighted by molar-refractivity contribution is 7.93. The molecule has 0 aliphatic rings. The highest BCUT2D eigenvalue weighted by atomic mass is 32.2. The van der Waals surface area contributed by atoms with Crippen LogP contribution in [0.3, 0.4) is 0 Å². The maximum absolute atomic E-state index is 12.2. The molecule has 100 valence electrons. The van der Waals surface area contributed by atoms with Crippen LogP contribution in [0.2, 0.25) is 0 Å². The van der Waals surface area contributed by atoms with Crippen LogP contribution in [-0.4, -0.2) is 8.42 Å². The Balaban J connectivity index is 2.42. The Kier molecular flexibility index (Phi) is 3.61. The first-order valence-electron chi connectivity index (χ1n) is 5.28. The summed E-state index contributed by atoms with van der Waals surface area (Å²) in [5, 5.41) is 19.4. The molecule has 0 unspecified atom stereocenters. The normalized spacial score (nSPS) is 10.5. The van der Waals surface area contributed by atoms with Crippen LogP contribution in [0.4, 0.5) is 10.7 Å². The SMILES string of the molecule is N#Cc1ccc(S(=O)(=O)Nc2sccc2C#N)c(N)c1. The maximum Gasteiger partial charge on any atom is 0.264 e. The zero-order valence-electron chi connectivity index (χ0n) is 9.99. The fraction of sp³-hybridized carbons (Fsp3) is 0. The van der Waals surface area contributed by atoms with E-state index in [2.05, 4.69) is 4.72 Å². The fourth-order valence-electron chi connectivity index (χ4n) is 1.52. The van der Waals surface area contributed by atoms with Crippen LogP contribution in [-0.2, 0) is 10.0 Å². The van der Waals surface area contributed by atoms with E-state index in [-0.39, 0.29) is 26.7 Å². The lowest BCUT2D eigenvalue weighted by molar-refractivity contribution is 0.601. The molecule has 0 atom stereocenters. The summed E-state index contributed by atoms with van der Waals surface area (Å²) in [5.74, 6) is 0. The van der Waals surface area contributed by atoms with Gasteiger partial charge in [-0.05, 0) is 29.6 Å². The van der Waals surface area contributed by atoms with Crippen LogP contribution in [0, 0.1) is 22.7 Å². The van der Waals surface area contributed by atoms with E-state index in [1.54, 1.807) is 5.38 Å². The smallest absolute Gasteiger partial charge is 0.264 e. The number of nitrogens with two attached hydrogens (primary N) is 1. The van der Waals surface area contributed by atoms with Gasteiger partial charge in [0, 0.05) is 0 Å². The molecule has 20 heavy (non-hydrogen) atoms. The third-order valence-electron chi connectivity index (χ3n) is 2.44. The Morgan fingerprint density at radius 2 is 1.95 bits per heavy atom. The number of anilines is 2. The molecule has 1 aromatic carbocycles. The first-order valence-corrected chi connectivity index (χ1v) is 7.64. The van der Waals surface area contributed by atoms with Crippen molar-refractivity contribution in [2.45, 2.75) is 4.90 Å². The van der Waals surface area contributed by atoms with Crippen LogP contribution in [0.5, 0.6) is 0 Å². The van der Waals surface area contributed by atoms with E-state index in [0.29, 0.717) is 0 Å². The number of nitrogen functional groups attached to an aromatic ring is 1. The molecular weight excluding hydrogens is 296 g/mol. The molecule has 0 spiro atoms. The fourth-order valence-corrected chi connectivity index (χ4v) is 3.70. The van der Waals surface area contributed by atoms with Gasteiger partial charge in [-0.1, -0.05) is 0 Å². The van der Waals surface area contributed by atoms with Gasteiger partial charge in [-0.2, -0.15) is 10.5 Å². The quantitative estimate of drug-likeness (QED) is 0.839. The molecule has 0 radical (unpaired) electrons. The van der Waals surface area contributed by atoms with Gasteiger partial charge in [-0.25, -0.2) is 8.42 Å². The van der Waals surface area contributed by atoms with E-state index >= 15 is 0 Å². The predicted molar refractivity (Wildman–Crippen MR) is 75.4 cm³/mol. The standard InChI is InChI=1S/C12H8N4O2S2/c13-6-8-1-2-11(10(15)5-8)20(17,18)16-12-9(7-14)3-4-19-12/h1-5,16H,15H2. The lowest BCUT2D eigenvalue weighted by Gasteiger charge is -2.09. The second kappa shape index (κ2) is 5.21. The summed E-state index contributed by atoms with van der Waals surface area (Å²) in [6.45, 7) is 0. The average molecular weight is 304 g/mol. The Bertz CT molecular complexity index is 841. The largest absolute Gasteiger partial charge is 0.398 e. The number of nitrogens with zero attached hydrogens (tertiary/aromatic N) is 2. The molecular formula is C12H8N4O2S2. The minimum absolute atomic E-state index is 0.0217. The van der Waals surface area contributed by atoms with Crippen LogP contribution < -0.4 is 10.5 Å². The van der Waals surface area contributed by atoms with Crippen molar-refractivity contribution >= 4 is 32.0 Å². The molecule has 0 fully saturated rings. The van der Waals surface area contributed by atoms with E-state index in [0.717, 1.165) is 11.3 Å². The number of hydrogen-bond donors (Lipinski definition) is 2. The molecule has 0 saturated heterocycles. The summed E-state index contributed by atoms with van der Waals surface area (Å²) in [4.78, 5) is -0.131. The molecule has 1 aromatic heterocycles. The minimum Gasteiger partial charge on any atom is -0.398 e. The van der Waals surface area contributed by atoms with Crippen molar-refractivity contribution in [3.8, 4) is 12.1 Å². The Labute approximate surface area is 119 Å². The number of rotatable bonds is 3. The summed E-state index contributed by atoms with van der Waals surface area (Å²) in [6.07, 6.45) is 0. The molecule has 6 nitrogen and oxygen atoms in total. The zero-order valence-corrected chi connectivity index (χ0v) is 11.6. The number of nitrogens with one attached hydrogen (secondary N) is 1. The monoisotopic (exact) mass is 304 g/mol. The molecule has 0 amide bonds. The van der Waals surface area contributed by atoms with E-state index < -0.39 is 10.0 Å². The van der Waals surface area contributed by atoms with Crippen molar-refractivity contribution in [2.24, 2.45) is 0 Å². The van der Waals surface area contributed by atoms with Crippen molar-refractivity contribution in [1.29, 1.82) is 10.5 Å². The Hall–Kier alpha value is -2.55. The molecule has 0 bridgehead atoms. The van der Waals surface area contributed by atoms with Gasteiger partial charge in [-0.15, -0.1) is 11.3 Å². The molecule has 2 aromatic rings. The van der Waals surface area contributed by atoms with Crippen LogP contribution >= 0.6 is 11.3 Å². The van der Waals surface area contributed by atoms with Crippen molar-refractivity contribution in [2.75, 3.05) is 10.5 Å². The van der Waals surface area contributed by atoms with Crippen LogP contribution in [0.25, 0.3) is 0 Å². The number of benzene rings is 1. The van der Waals surface area contributed by atoms with Crippen LogP contribution in [0.1, 0.15) is 11.1 Å². The van der Waals surface area contributed by atoms with Gasteiger partial charge in [0.2, 0.25) is 0 Å². The van der Waals surface area contributed by atoms with Gasteiger partial charge in [0.1, 0.15) is 16.0 Å². The second-order valence-corrected chi connectivity index (χ2v) is 6.31. The Morgan fingerprint density at radius 3 is 2.55 bits per heavy atom. The van der Waals surface area contributed by atoms with E-state index in [1.807, 2.05) is 12.1 Å². The van der Waals surface area contributed by atoms with E-state index in [1.165, 1.54) is 24.3 Å². The molecule has 0 aliphatic heterocycles. The number of nitriles is 2. The number of thiophene rings is 1. The molecule has 2 rings (SSSR count). The first-order chi connectivity index (χ1) is 9.47. The summed E-state index contributed by atoms with van der Waals surface area (Å²) in [7, 11) is -3.90. The molecule has 8 heteroatoms. The predicted octanol–water partition coefficient (Wildman–Crippen LogP) is 1.87. The van der Waals surface area contributed by atoms with Gasteiger partial charge in [0.05, 0.1) is 22.9 Å². The van der Waals surface area contributed by atoms with Crippen molar-refractivity contribution in [1.82, 2.24) is 0 Å². The first kappa shape index (κ1) is 13.9. The summed E-state index contributed by atoms with van der Waals surface area (Å²) in [6, 6.07) is 9.20. The van der Waals surface area contributed by atoms with E-state index in [9.17, 15) is 8.42 Å². The summed E-state index contributed by atoms with van der Waals surface area (Å²) in [5.41, 5.74) is 6.14. The highest BCUT2D eigenvalue weighted by Gasteiger charge is 2.20. The third-order valence-corrected chi connectivity index (χ3v) is 4.82. The maximum atomic E-state index is 12.2. The van der Waals surface area contributed by atoms with Gasteiger partial charge >= 0.3 is 0 Å². The topological polar surface area (TPSA) is 120 Å². The van der Waals surface area contributed by atoms with Gasteiger partial charge < -0.3 is 5.73 Å². The molecule has 3 N–H and O–H groups in total. The van der Waals surface area contributed by atoms with Gasteiger partial charge in [0.25, 0.3) is 10.0 Å². The zero-order chi connectivity index (χ0) is 14.8. The minimum atomic E-state index is -3.90. The average Bonchev–Trinajstić information content (AvgIpc) is 2.84.